The number of carbonyl (C=O) groups excluding carboxylic acids is 1. The Morgan fingerprint density at radius 2 is 1.74 bits per heavy atom. The van der Waals surface area contributed by atoms with Crippen molar-refractivity contribution >= 4 is 17.4 Å². The van der Waals surface area contributed by atoms with Gasteiger partial charge in [0.15, 0.2) is 11.5 Å². The van der Waals surface area contributed by atoms with Gasteiger partial charge in [0.25, 0.3) is 5.91 Å². The summed E-state index contributed by atoms with van der Waals surface area (Å²) >= 11 is 0. The Morgan fingerprint density at radius 1 is 0.971 bits per heavy atom. The third-order valence-corrected chi connectivity index (χ3v) is 5.82. The van der Waals surface area contributed by atoms with Crippen LogP contribution in [-0.4, -0.2) is 52.7 Å². The van der Waals surface area contributed by atoms with Gasteiger partial charge in [0.2, 0.25) is 0 Å². The molecule has 2 atom stereocenters. The fourth-order valence-corrected chi connectivity index (χ4v) is 4.25. The van der Waals surface area contributed by atoms with Crippen LogP contribution in [0.5, 0.6) is 0 Å². The SMILES string of the molecule is NC(=O)c1nccnc1N(Nc1cc(-n2cccn2)cc(-n2nccn2)c1)C1CCCCC1N. The van der Waals surface area contributed by atoms with Gasteiger partial charge < -0.3 is 11.5 Å². The lowest BCUT2D eigenvalue weighted by molar-refractivity contribution is 0.0995. The summed E-state index contributed by atoms with van der Waals surface area (Å²) in [7, 11) is 0. The molecular formula is C22H25N11O. The molecule has 1 amide bonds. The van der Waals surface area contributed by atoms with Gasteiger partial charge in [0.1, 0.15) is 0 Å². The van der Waals surface area contributed by atoms with Crippen molar-refractivity contribution in [2.24, 2.45) is 11.5 Å². The predicted molar refractivity (Wildman–Crippen MR) is 125 cm³/mol. The molecule has 0 spiro atoms. The second kappa shape index (κ2) is 9.27. The maximum atomic E-state index is 12.2. The molecule has 174 valence electrons. The first kappa shape index (κ1) is 21.5. The van der Waals surface area contributed by atoms with E-state index >= 15 is 0 Å². The Bertz CT molecular complexity index is 1200. The van der Waals surface area contributed by atoms with E-state index in [1.54, 1.807) is 23.3 Å². The highest BCUT2D eigenvalue weighted by Gasteiger charge is 2.32. The van der Waals surface area contributed by atoms with Gasteiger partial charge >= 0.3 is 0 Å². The van der Waals surface area contributed by atoms with Gasteiger partial charge in [-0.15, -0.1) is 0 Å². The largest absolute Gasteiger partial charge is 0.364 e. The number of nitrogens with one attached hydrogen (secondary N) is 1. The smallest absolute Gasteiger partial charge is 0.271 e. The number of carbonyl (C=O) groups is 1. The van der Waals surface area contributed by atoms with Crippen LogP contribution in [0.1, 0.15) is 36.2 Å². The fraction of sp³-hybridized carbons (Fsp3) is 0.273. The molecule has 4 aromatic rings. The Morgan fingerprint density at radius 3 is 2.47 bits per heavy atom. The molecule has 1 saturated carbocycles. The molecule has 1 aliphatic carbocycles. The summed E-state index contributed by atoms with van der Waals surface area (Å²) in [5.74, 6) is -0.327. The summed E-state index contributed by atoms with van der Waals surface area (Å²) in [5.41, 5.74) is 17.9. The molecule has 5 N–H and O–H groups in total. The van der Waals surface area contributed by atoms with Crippen LogP contribution >= 0.6 is 0 Å². The molecule has 3 aromatic heterocycles. The van der Waals surface area contributed by atoms with E-state index in [9.17, 15) is 4.79 Å². The second-order valence-corrected chi connectivity index (χ2v) is 8.10. The lowest BCUT2D eigenvalue weighted by Gasteiger charge is -2.39. The van der Waals surface area contributed by atoms with Crippen LogP contribution in [0.3, 0.4) is 0 Å². The number of rotatable bonds is 7. The highest BCUT2D eigenvalue weighted by molar-refractivity contribution is 5.95. The molecular weight excluding hydrogens is 434 g/mol. The minimum atomic E-state index is -0.661. The number of aromatic nitrogens is 7. The highest BCUT2D eigenvalue weighted by Crippen LogP contribution is 2.29. The monoisotopic (exact) mass is 459 g/mol. The summed E-state index contributed by atoms with van der Waals surface area (Å²) < 4.78 is 1.74. The van der Waals surface area contributed by atoms with Crippen molar-refractivity contribution in [2.45, 2.75) is 37.8 Å². The van der Waals surface area contributed by atoms with Crippen molar-refractivity contribution in [1.29, 1.82) is 0 Å². The Labute approximate surface area is 195 Å². The van der Waals surface area contributed by atoms with Crippen molar-refractivity contribution in [3.63, 3.8) is 0 Å². The van der Waals surface area contributed by atoms with Crippen LogP contribution in [-0.2, 0) is 0 Å². The van der Waals surface area contributed by atoms with Crippen LogP contribution in [0.15, 0.2) is 61.4 Å². The second-order valence-electron chi connectivity index (χ2n) is 8.10. The van der Waals surface area contributed by atoms with Crippen molar-refractivity contribution in [2.75, 3.05) is 10.4 Å². The van der Waals surface area contributed by atoms with E-state index in [1.807, 2.05) is 35.5 Å². The topological polar surface area (TPSA) is 159 Å². The fourth-order valence-electron chi connectivity index (χ4n) is 4.25. The van der Waals surface area contributed by atoms with Gasteiger partial charge in [0, 0.05) is 30.8 Å². The summed E-state index contributed by atoms with van der Waals surface area (Å²) in [6.07, 6.45) is 13.5. The first-order chi connectivity index (χ1) is 16.6. The lowest BCUT2D eigenvalue weighted by Crippen LogP contribution is -2.53. The number of hydrazine groups is 1. The van der Waals surface area contributed by atoms with Crippen LogP contribution < -0.4 is 21.9 Å². The Hall–Kier alpha value is -4.32. The van der Waals surface area contributed by atoms with E-state index in [2.05, 4.69) is 30.7 Å². The Kier molecular flexibility index (Phi) is 5.87. The van der Waals surface area contributed by atoms with Gasteiger partial charge in [-0.3, -0.25) is 15.2 Å². The van der Waals surface area contributed by atoms with E-state index in [0.29, 0.717) is 11.5 Å². The molecule has 5 rings (SSSR count). The summed E-state index contributed by atoms with van der Waals surface area (Å²) in [4.78, 5) is 22.3. The van der Waals surface area contributed by atoms with Gasteiger partial charge in [-0.1, -0.05) is 12.8 Å². The van der Waals surface area contributed by atoms with E-state index < -0.39 is 5.91 Å². The van der Waals surface area contributed by atoms with Crippen LogP contribution in [0.25, 0.3) is 11.4 Å². The molecule has 12 nitrogen and oxygen atoms in total. The maximum absolute atomic E-state index is 12.2. The highest BCUT2D eigenvalue weighted by atomic mass is 16.1. The quantitative estimate of drug-likeness (QED) is 0.348. The standard InChI is InChI=1S/C22H25N11O/c23-18-4-1-2-5-19(18)32(22-20(21(24)34)25-7-8-26-22)30-15-12-16(31-11-3-6-27-31)14-17(13-15)33-28-9-10-29-33/h3,6-14,18-19,30H,1-2,4-5,23H2,(H2,24,34). The molecule has 0 radical (unpaired) electrons. The number of anilines is 2. The molecule has 34 heavy (non-hydrogen) atoms. The molecule has 2 unspecified atom stereocenters. The number of benzene rings is 1. The van der Waals surface area contributed by atoms with Crippen molar-refractivity contribution in [3.05, 3.63) is 67.1 Å². The normalized spacial score (nSPS) is 17.9. The maximum Gasteiger partial charge on any atom is 0.271 e. The van der Waals surface area contributed by atoms with Gasteiger partial charge in [0.05, 0.1) is 35.5 Å². The van der Waals surface area contributed by atoms with Crippen LogP contribution in [0.2, 0.25) is 0 Å². The molecule has 1 fully saturated rings. The van der Waals surface area contributed by atoms with E-state index in [0.717, 1.165) is 37.1 Å². The number of hydrogen-bond acceptors (Lipinski definition) is 9. The molecule has 0 bridgehead atoms. The molecule has 12 heteroatoms. The van der Waals surface area contributed by atoms with Gasteiger partial charge in [-0.05, 0) is 37.1 Å². The predicted octanol–water partition coefficient (Wildman–Crippen LogP) is 1.45. The van der Waals surface area contributed by atoms with E-state index in [1.165, 1.54) is 17.2 Å². The minimum Gasteiger partial charge on any atom is -0.364 e. The first-order valence-corrected chi connectivity index (χ1v) is 11.0. The summed E-state index contributed by atoms with van der Waals surface area (Å²) in [6, 6.07) is 7.36. The zero-order chi connectivity index (χ0) is 23.5. The summed E-state index contributed by atoms with van der Waals surface area (Å²) in [5, 5.41) is 14.7. The zero-order valence-electron chi connectivity index (χ0n) is 18.4. The number of nitrogens with two attached hydrogens (primary N) is 2. The molecule has 3 heterocycles. The average molecular weight is 460 g/mol. The van der Waals surface area contributed by atoms with Gasteiger partial charge in [-0.25, -0.2) is 14.6 Å². The zero-order valence-corrected chi connectivity index (χ0v) is 18.4. The molecule has 0 aliphatic heterocycles. The van der Waals surface area contributed by atoms with E-state index in [-0.39, 0.29) is 17.8 Å². The third-order valence-electron chi connectivity index (χ3n) is 5.82. The van der Waals surface area contributed by atoms with Crippen molar-refractivity contribution in [3.8, 4) is 11.4 Å². The van der Waals surface area contributed by atoms with Crippen molar-refractivity contribution in [1.82, 2.24) is 34.7 Å². The number of amides is 1. The lowest BCUT2D eigenvalue weighted by atomic mass is 9.90. The number of primary amides is 1. The molecule has 1 aliphatic rings. The van der Waals surface area contributed by atoms with Crippen LogP contribution in [0.4, 0.5) is 11.5 Å². The molecule has 1 aromatic carbocycles. The third kappa shape index (κ3) is 4.30. The van der Waals surface area contributed by atoms with Crippen molar-refractivity contribution < 1.29 is 4.79 Å². The average Bonchev–Trinajstić information content (AvgIpc) is 3.58. The van der Waals surface area contributed by atoms with Crippen LogP contribution in [0, 0.1) is 0 Å². The molecule has 0 saturated heterocycles. The van der Waals surface area contributed by atoms with Gasteiger partial charge in [-0.2, -0.15) is 20.1 Å². The van der Waals surface area contributed by atoms with E-state index in [4.69, 9.17) is 11.5 Å². The summed E-state index contributed by atoms with van der Waals surface area (Å²) in [6.45, 7) is 0. The first-order valence-electron chi connectivity index (χ1n) is 11.0. The number of hydrogen-bond donors (Lipinski definition) is 3. The Balaban J connectivity index is 1.60. The number of nitrogens with zero attached hydrogens (tertiary/aromatic N) is 8. The minimum absolute atomic E-state index is 0.0740.